The summed E-state index contributed by atoms with van der Waals surface area (Å²) >= 11 is 0. The molecule has 0 spiro atoms. The fourth-order valence-corrected chi connectivity index (χ4v) is 9.11. The van der Waals surface area contributed by atoms with Gasteiger partial charge in [-0.25, -0.2) is 4.39 Å². The van der Waals surface area contributed by atoms with Crippen LogP contribution in [0.2, 0.25) is 0 Å². The van der Waals surface area contributed by atoms with Gasteiger partial charge < -0.3 is 4.90 Å². The fraction of sp³-hybridized carbons (Fsp3) is 0. The Kier molecular flexibility index (Phi) is 8.08. The van der Waals surface area contributed by atoms with Gasteiger partial charge in [-0.1, -0.05) is 170 Å². The van der Waals surface area contributed by atoms with Crippen LogP contribution in [0.3, 0.4) is 0 Å². The first kappa shape index (κ1) is 33.8. The molecule has 0 N–H and O–H groups in total. The Hall–Kier alpha value is -7.55. The Morgan fingerprint density at radius 3 is 1.48 bits per heavy atom. The molecule has 0 saturated carbocycles. The fourth-order valence-electron chi connectivity index (χ4n) is 9.11. The molecule has 0 heterocycles. The third-order valence-electron chi connectivity index (χ3n) is 11.6. The molecule has 2 heteroatoms. The number of rotatable bonds is 6. The zero-order valence-electron chi connectivity index (χ0n) is 31.6. The Balaban J connectivity index is 1.30. The molecule has 272 valence electrons. The Bertz CT molecular complexity index is 3320. The van der Waals surface area contributed by atoms with E-state index in [1.54, 1.807) is 12.1 Å². The van der Waals surface area contributed by atoms with E-state index >= 15 is 0 Å². The van der Waals surface area contributed by atoms with Crippen molar-refractivity contribution in [3.05, 3.63) is 224 Å². The van der Waals surface area contributed by atoms with Gasteiger partial charge in [0.15, 0.2) is 0 Å². The highest BCUT2D eigenvalue weighted by Crippen LogP contribution is 2.50. The summed E-state index contributed by atoms with van der Waals surface area (Å²) in [4.78, 5) is 2.29. The first-order chi connectivity index (χ1) is 28.7. The number of halogens is 1. The van der Waals surface area contributed by atoms with Crippen LogP contribution in [0.5, 0.6) is 0 Å². The highest BCUT2D eigenvalue weighted by Gasteiger charge is 2.23. The third-order valence-corrected chi connectivity index (χ3v) is 11.6. The minimum Gasteiger partial charge on any atom is -0.310 e. The van der Waals surface area contributed by atoms with Crippen molar-refractivity contribution in [2.24, 2.45) is 0 Å². The Morgan fingerprint density at radius 1 is 0.310 bits per heavy atom. The predicted molar refractivity (Wildman–Crippen MR) is 245 cm³/mol. The number of anilines is 3. The third kappa shape index (κ3) is 5.53. The minimum absolute atomic E-state index is 0.264. The van der Waals surface area contributed by atoms with Gasteiger partial charge in [0.05, 0.1) is 5.69 Å². The molecular weight excluding hydrogens is 706 g/mol. The molecule has 11 aromatic rings. The molecule has 0 aliphatic rings. The van der Waals surface area contributed by atoms with Crippen molar-refractivity contribution in [1.82, 2.24) is 0 Å². The highest BCUT2D eigenvalue weighted by atomic mass is 19.1. The molecule has 0 fully saturated rings. The van der Waals surface area contributed by atoms with Crippen LogP contribution in [0, 0.1) is 5.82 Å². The van der Waals surface area contributed by atoms with E-state index in [-0.39, 0.29) is 5.82 Å². The van der Waals surface area contributed by atoms with E-state index in [0.717, 1.165) is 33.2 Å². The number of hydrogen-bond donors (Lipinski definition) is 0. The molecule has 11 rings (SSSR count). The number of nitrogens with zero attached hydrogens (tertiary/aromatic N) is 1. The molecule has 0 radical (unpaired) electrons. The van der Waals surface area contributed by atoms with Crippen LogP contribution in [0.25, 0.3) is 87.2 Å². The van der Waals surface area contributed by atoms with Crippen molar-refractivity contribution >= 4 is 70.9 Å². The zero-order chi connectivity index (χ0) is 38.6. The lowest BCUT2D eigenvalue weighted by molar-refractivity contribution is 0.628. The molecule has 0 atom stereocenters. The number of fused-ring (bicyclic) bond motifs is 9. The second kappa shape index (κ2) is 13.9. The first-order valence-electron chi connectivity index (χ1n) is 19.8. The van der Waals surface area contributed by atoms with Crippen LogP contribution in [-0.4, -0.2) is 0 Å². The molecule has 0 saturated heterocycles. The smallest absolute Gasteiger partial charge is 0.123 e. The molecule has 58 heavy (non-hydrogen) atoms. The summed E-state index contributed by atoms with van der Waals surface area (Å²) in [5.41, 5.74) is 10.0. The maximum atomic E-state index is 14.6. The van der Waals surface area contributed by atoms with Crippen molar-refractivity contribution in [2.75, 3.05) is 4.90 Å². The van der Waals surface area contributed by atoms with Gasteiger partial charge in [-0.3, -0.25) is 0 Å². The van der Waals surface area contributed by atoms with Crippen LogP contribution >= 0.6 is 0 Å². The van der Waals surface area contributed by atoms with Gasteiger partial charge in [-0.05, 0) is 130 Å². The second-order valence-electron chi connectivity index (χ2n) is 14.9. The SMILES string of the molecule is Fc1ccc(N(c2ccc3c(c2)c2ccccc2c2c(-c4ccccc4)cc(-c4ccccc4)c(-c4ccccc4)c32)c2cc3ccccc3c3ccccc23)cc1. The lowest BCUT2D eigenvalue weighted by Crippen LogP contribution is -2.11. The predicted octanol–water partition coefficient (Wildman–Crippen LogP) is 16.1. The van der Waals surface area contributed by atoms with Crippen molar-refractivity contribution in [3.8, 4) is 33.4 Å². The standard InChI is InChI=1S/C56H36FN/c57-41-28-30-42(31-29-41)58(53-34-40-22-10-11-23-44(40)45-24-12-14-26-47(45)53)43-32-33-49-52(35-43)46-25-13-15-27-48(46)55-51(38-18-6-2-7-19-38)36-50(37-16-4-1-5-17-37)54(56(49)55)39-20-8-3-9-21-39/h1-36H. The van der Waals surface area contributed by atoms with E-state index < -0.39 is 0 Å². The normalized spacial score (nSPS) is 11.5. The molecule has 0 bridgehead atoms. The summed E-state index contributed by atoms with van der Waals surface area (Å²) in [5.74, 6) is -0.264. The summed E-state index contributed by atoms with van der Waals surface area (Å²) in [5, 5.41) is 11.8. The van der Waals surface area contributed by atoms with Crippen LogP contribution in [0.1, 0.15) is 0 Å². The second-order valence-corrected chi connectivity index (χ2v) is 14.9. The number of hydrogen-bond acceptors (Lipinski definition) is 1. The Morgan fingerprint density at radius 2 is 0.810 bits per heavy atom. The minimum atomic E-state index is -0.264. The molecule has 0 aromatic heterocycles. The van der Waals surface area contributed by atoms with Crippen molar-refractivity contribution in [1.29, 1.82) is 0 Å². The monoisotopic (exact) mass is 741 g/mol. The topological polar surface area (TPSA) is 3.24 Å². The van der Waals surface area contributed by atoms with Crippen LogP contribution in [0.4, 0.5) is 21.5 Å². The van der Waals surface area contributed by atoms with Crippen LogP contribution in [-0.2, 0) is 0 Å². The highest BCUT2D eigenvalue weighted by molar-refractivity contribution is 6.33. The van der Waals surface area contributed by atoms with Gasteiger partial charge in [0.2, 0.25) is 0 Å². The van der Waals surface area contributed by atoms with E-state index in [1.807, 2.05) is 12.1 Å². The summed E-state index contributed by atoms with van der Waals surface area (Å²) in [6.45, 7) is 0. The van der Waals surface area contributed by atoms with Crippen molar-refractivity contribution in [3.63, 3.8) is 0 Å². The van der Waals surface area contributed by atoms with E-state index in [4.69, 9.17) is 0 Å². The van der Waals surface area contributed by atoms with E-state index in [2.05, 4.69) is 199 Å². The van der Waals surface area contributed by atoms with E-state index in [1.165, 1.54) is 71.1 Å². The summed E-state index contributed by atoms with van der Waals surface area (Å²) in [7, 11) is 0. The molecule has 0 aliphatic heterocycles. The average molecular weight is 742 g/mol. The number of benzene rings is 11. The first-order valence-corrected chi connectivity index (χ1v) is 19.8. The van der Waals surface area contributed by atoms with Crippen molar-refractivity contribution in [2.45, 2.75) is 0 Å². The lowest BCUT2D eigenvalue weighted by Gasteiger charge is -2.28. The lowest BCUT2D eigenvalue weighted by atomic mass is 9.81. The van der Waals surface area contributed by atoms with Gasteiger partial charge in [-0.2, -0.15) is 0 Å². The van der Waals surface area contributed by atoms with Crippen LogP contribution < -0.4 is 4.90 Å². The van der Waals surface area contributed by atoms with E-state index in [0.29, 0.717) is 0 Å². The molecule has 1 nitrogen and oxygen atoms in total. The van der Waals surface area contributed by atoms with Crippen molar-refractivity contribution < 1.29 is 4.39 Å². The molecule has 0 aliphatic carbocycles. The van der Waals surface area contributed by atoms with Gasteiger partial charge in [0.25, 0.3) is 0 Å². The maximum Gasteiger partial charge on any atom is 0.123 e. The summed E-state index contributed by atoms with van der Waals surface area (Å²) < 4.78 is 14.6. The van der Waals surface area contributed by atoms with Gasteiger partial charge in [-0.15, -0.1) is 0 Å². The van der Waals surface area contributed by atoms with Gasteiger partial charge in [0, 0.05) is 16.8 Å². The Labute approximate surface area is 336 Å². The quantitative estimate of drug-likeness (QED) is 0.153. The van der Waals surface area contributed by atoms with Gasteiger partial charge >= 0.3 is 0 Å². The largest absolute Gasteiger partial charge is 0.310 e. The summed E-state index contributed by atoms with van der Waals surface area (Å²) in [6.07, 6.45) is 0. The molecular formula is C56H36FN. The maximum absolute atomic E-state index is 14.6. The average Bonchev–Trinajstić information content (AvgIpc) is 3.30. The zero-order valence-corrected chi connectivity index (χ0v) is 31.6. The van der Waals surface area contributed by atoms with Gasteiger partial charge in [0.1, 0.15) is 5.82 Å². The van der Waals surface area contributed by atoms with E-state index in [9.17, 15) is 4.39 Å². The molecule has 11 aromatic carbocycles. The molecule has 0 amide bonds. The van der Waals surface area contributed by atoms with Crippen LogP contribution in [0.15, 0.2) is 218 Å². The molecule has 0 unspecified atom stereocenters. The summed E-state index contributed by atoms with van der Waals surface area (Å²) in [6, 6.07) is 76.9.